The van der Waals surface area contributed by atoms with E-state index in [4.69, 9.17) is 17.0 Å². The molecule has 0 saturated heterocycles. The Morgan fingerprint density at radius 1 is 1.18 bits per heavy atom. The fraction of sp³-hybridized carbons (Fsp3) is 0.320. The van der Waals surface area contributed by atoms with Crippen LogP contribution in [0.2, 0.25) is 0 Å². The van der Waals surface area contributed by atoms with Crippen LogP contribution in [0.4, 0.5) is 5.69 Å². The second kappa shape index (κ2) is 10.9. The lowest BCUT2D eigenvalue weighted by atomic mass is 9.94. The normalized spacial score (nSPS) is 16.0. The zero-order valence-electron chi connectivity index (χ0n) is 19.1. The Bertz CT molecular complexity index is 1080. The molecule has 8 heteroatoms. The van der Waals surface area contributed by atoms with E-state index in [9.17, 15) is 9.59 Å². The summed E-state index contributed by atoms with van der Waals surface area (Å²) in [7, 11) is 0. The van der Waals surface area contributed by atoms with Gasteiger partial charge in [0.1, 0.15) is 0 Å². The molecule has 3 rings (SSSR count). The number of nitrogens with zero attached hydrogens (tertiary/aromatic N) is 1. The molecule has 1 aliphatic heterocycles. The third-order valence-corrected chi connectivity index (χ3v) is 6.33. The van der Waals surface area contributed by atoms with Gasteiger partial charge in [-0.2, -0.15) is 0 Å². The van der Waals surface area contributed by atoms with E-state index >= 15 is 0 Å². The Labute approximate surface area is 208 Å². The van der Waals surface area contributed by atoms with Gasteiger partial charge in [0, 0.05) is 22.4 Å². The molecule has 174 valence electrons. The van der Waals surface area contributed by atoms with E-state index < -0.39 is 6.04 Å². The highest BCUT2D eigenvalue weighted by molar-refractivity contribution is 9.10. The molecule has 1 aliphatic rings. The predicted molar refractivity (Wildman–Crippen MR) is 138 cm³/mol. The summed E-state index contributed by atoms with van der Waals surface area (Å²) in [6.07, 6.45) is 0. The molecule has 2 N–H and O–H groups in total. The number of hydrogen-bond donors (Lipinski definition) is 2. The van der Waals surface area contributed by atoms with Crippen LogP contribution >= 0.6 is 28.1 Å². The molecule has 0 bridgehead atoms. The molecule has 0 saturated carbocycles. The third-order valence-electron chi connectivity index (χ3n) is 5.30. The van der Waals surface area contributed by atoms with E-state index in [1.165, 1.54) is 0 Å². The maximum atomic E-state index is 13.0. The van der Waals surface area contributed by atoms with Gasteiger partial charge >= 0.3 is 5.97 Å². The summed E-state index contributed by atoms with van der Waals surface area (Å²) in [6.45, 7) is 8.86. The van der Waals surface area contributed by atoms with Gasteiger partial charge in [0.05, 0.1) is 23.8 Å². The maximum Gasteiger partial charge on any atom is 0.338 e. The Morgan fingerprint density at radius 3 is 2.45 bits per heavy atom. The molecule has 0 unspecified atom stereocenters. The van der Waals surface area contributed by atoms with Crippen molar-refractivity contribution >= 4 is 50.8 Å². The molecular formula is C25H28BrN3O3S. The molecule has 33 heavy (non-hydrogen) atoms. The molecular weight excluding hydrogens is 502 g/mol. The van der Waals surface area contributed by atoms with Gasteiger partial charge in [0.2, 0.25) is 0 Å². The van der Waals surface area contributed by atoms with Crippen molar-refractivity contribution in [2.45, 2.75) is 33.7 Å². The number of benzene rings is 2. The summed E-state index contributed by atoms with van der Waals surface area (Å²) in [4.78, 5) is 27.5. The number of nitrogens with one attached hydrogen (secondary N) is 2. The molecule has 2 aromatic rings. The molecule has 1 atom stereocenters. The number of amides is 1. The van der Waals surface area contributed by atoms with Crippen LogP contribution in [0.3, 0.4) is 0 Å². The van der Waals surface area contributed by atoms with E-state index in [1.54, 1.807) is 6.07 Å². The summed E-state index contributed by atoms with van der Waals surface area (Å²) in [5, 5.41) is 6.75. The molecule has 2 aromatic carbocycles. The number of allylic oxidation sites excluding steroid dienone is 1. The Morgan fingerprint density at radius 2 is 1.85 bits per heavy atom. The van der Waals surface area contributed by atoms with E-state index in [1.807, 2.05) is 75.1 Å². The van der Waals surface area contributed by atoms with Gasteiger partial charge in [0.15, 0.2) is 5.11 Å². The lowest BCUT2D eigenvalue weighted by Gasteiger charge is -2.37. The SMILES string of the molecule is CCN1C(=S)N[C@@H](c2ccc(NC(=O)c3ccccc3Br)cc2)C(C(=O)OCC(C)C)=C1C. The second-order valence-electron chi connectivity index (χ2n) is 8.17. The number of hydrogen-bond acceptors (Lipinski definition) is 4. The summed E-state index contributed by atoms with van der Waals surface area (Å²) < 4.78 is 6.29. The highest BCUT2D eigenvalue weighted by Crippen LogP contribution is 2.32. The van der Waals surface area contributed by atoms with Gasteiger partial charge in [-0.15, -0.1) is 0 Å². The van der Waals surface area contributed by atoms with Gasteiger partial charge in [-0.25, -0.2) is 4.79 Å². The predicted octanol–water partition coefficient (Wildman–Crippen LogP) is 5.43. The van der Waals surface area contributed by atoms with Gasteiger partial charge in [-0.05, 0) is 77.7 Å². The van der Waals surface area contributed by atoms with Crippen molar-refractivity contribution in [3.8, 4) is 0 Å². The summed E-state index contributed by atoms with van der Waals surface area (Å²) in [6, 6.07) is 14.2. The smallest absolute Gasteiger partial charge is 0.338 e. The average Bonchev–Trinajstić information content (AvgIpc) is 2.78. The Kier molecular flexibility index (Phi) is 8.26. The average molecular weight is 530 g/mol. The topological polar surface area (TPSA) is 70.7 Å². The molecule has 6 nitrogen and oxygen atoms in total. The zero-order valence-corrected chi connectivity index (χ0v) is 21.5. The van der Waals surface area contributed by atoms with Crippen LogP contribution in [0.1, 0.15) is 49.7 Å². The van der Waals surface area contributed by atoms with Crippen LogP contribution in [-0.2, 0) is 9.53 Å². The lowest BCUT2D eigenvalue weighted by molar-refractivity contribution is -0.140. The van der Waals surface area contributed by atoms with Crippen LogP contribution in [0.25, 0.3) is 0 Å². The quantitative estimate of drug-likeness (QED) is 0.368. The third kappa shape index (κ3) is 5.81. The number of thiocarbonyl (C=S) groups is 1. The maximum absolute atomic E-state index is 13.0. The Balaban J connectivity index is 1.86. The zero-order chi connectivity index (χ0) is 24.1. The highest BCUT2D eigenvalue weighted by atomic mass is 79.9. The number of ether oxygens (including phenoxy) is 1. The van der Waals surface area contributed by atoms with Crippen LogP contribution in [0.5, 0.6) is 0 Å². The number of halogens is 1. The lowest BCUT2D eigenvalue weighted by Crippen LogP contribution is -2.47. The monoisotopic (exact) mass is 529 g/mol. The molecule has 1 amide bonds. The van der Waals surface area contributed by atoms with E-state index in [0.29, 0.717) is 35.1 Å². The van der Waals surface area contributed by atoms with Gasteiger partial charge in [0.25, 0.3) is 5.91 Å². The van der Waals surface area contributed by atoms with Crippen LogP contribution in [-0.4, -0.2) is 35.0 Å². The Hall–Kier alpha value is -2.71. The van der Waals surface area contributed by atoms with Gasteiger partial charge in [-0.3, -0.25) is 4.79 Å². The van der Waals surface area contributed by atoms with E-state index in [-0.39, 0.29) is 17.8 Å². The molecule has 0 aromatic heterocycles. The van der Waals surface area contributed by atoms with Crippen molar-refractivity contribution in [1.29, 1.82) is 0 Å². The van der Waals surface area contributed by atoms with Crippen LogP contribution in [0.15, 0.2) is 64.3 Å². The first kappa shape index (κ1) is 24.9. The van der Waals surface area contributed by atoms with Crippen molar-refractivity contribution in [3.05, 3.63) is 75.4 Å². The number of carbonyl (C=O) groups is 2. The molecule has 0 spiro atoms. The van der Waals surface area contributed by atoms with E-state index in [2.05, 4.69) is 26.6 Å². The number of anilines is 1. The minimum absolute atomic E-state index is 0.209. The highest BCUT2D eigenvalue weighted by Gasteiger charge is 2.34. The first-order chi connectivity index (χ1) is 15.7. The molecule has 0 fully saturated rings. The number of esters is 1. The summed E-state index contributed by atoms with van der Waals surface area (Å²) >= 11 is 8.95. The molecule has 1 heterocycles. The van der Waals surface area contributed by atoms with Crippen molar-refractivity contribution in [2.75, 3.05) is 18.5 Å². The number of rotatable bonds is 7. The first-order valence-electron chi connectivity index (χ1n) is 10.8. The van der Waals surface area contributed by atoms with Crippen molar-refractivity contribution in [3.63, 3.8) is 0 Å². The van der Waals surface area contributed by atoms with Crippen molar-refractivity contribution in [2.24, 2.45) is 5.92 Å². The molecule has 0 aliphatic carbocycles. The minimum Gasteiger partial charge on any atom is -0.462 e. The summed E-state index contributed by atoms with van der Waals surface area (Å²) in [5.41, 5.74) is 3.37. The second-order valence-corrected chi connectivity index (χ2v) is 9.42. The van der Waals surface area contributed by atoms with Crippen LogP contribution in [0, 0.1) is 5.92 Å². The first-order valence-corrected chi connectivity index (χ1v) is 12.0. The van der Waals surface area contributed by atoms with Crippen molar-refractivity contribution < 1.29 is 14.3 Å². The molecule has 0 radical (unpaired) electrons. The number of carbonyl (C=O) groups excluding carboxylic acids is 2. The largest absolute Gasteiger partial charge is 0.462 e. The standard InChI is InChI=1S/C25H28BrN3O3S/c1-5-29-16(4)21(24(31)32-14-15(2)3)22(28-25(29)33)17-10-12-18(13-11-17)27-23(30)19-8-6-7-9-20(19)26/h6-13,15,22H,5,14H2,1-4H3,(H,27,30)(H,28,33)/t22-/m0/s1. The summed E-state index contributed by atoms with van der Waals surface area (Å²) in [5.74, 6) is -0.328. The van der Waals surface area contributed by atoms with Crippen molar-refractivity contribution in [1.82, 2.24) is 10.2 Å². The fourth-order valence-electron chi connectivity index (χ4n) is 3.60. The van der Waals surface area contributed by atoms with Gasteiger partial charge in [-0.1, -0.05) is 38.1 Å². The van der Waals surface area contributed by atoms with E-state index in [0.717, 1.165) is 15.7 Å². The fourth-order valence-corrected chi connectivity index (χ4v) is 4.45. The van der Waals surface area contributed by atoms with Gasteiger partial charge < -0.3 is 20.3 Å². The van der Waals surface area contributed by atoms with Crippen LogP contribution < -0.4 is 10.6 Å². The minimum atomic E-state index is -0.437.